The van der Waals surface area contributed by atoms with Crippen LogP contribution >= 0.6 is 22.7 Å². The minimum absolute atomic E-state index is 0.0656. The van der Waals surface area contributed by atoms with Gasteiger partial charge in [-0.2, -0.15) is 0 Å². The molecule has 2 aromatic heterocycles. The fraction of sp³-hybridized carbons (Fsp3) is 0.405. The fourth-order valence-electron chi connectivity index (χ4n) is 8.78. The summed E-state index contributed by atoms with van der Waals surface area (Å²) in [6.07, 6.45) is 7.22. The Labute approximate surface area is 268 Å². The Bertz CT molecular complexity index is 1910. The Hall–Kier alpha value is -3.62. The van der Waals surface area contributed by atoms with E-state index < -0.39 is 0 Å². The van der Waals surface area contributed by atoms with E-state index in [9.17, 15) is 19.2 Å². The Kier molecular flexibility index (Phi) is 5.96. The van der Waals surface area contributed by atoms with Crippen LogP contribution in [0.3, 0.4) is 0 Å². The highest BCUT2D eigenvalue weighted by Gasteiger charge is 2.48. The van der Waals surface area contributed by atoms with Gasteiger partial charge in [-0.05, 0) is 95.1 Å². The molecule has 2 aromatic carbocycles. The van der Waals surface area contributed by atoms with E-state index in [0.29, 0.717) is 10.0 Å². The van der Waals surface area contributed by atoms with Crippen molar-refractivity contribution in [3.8, 4) is 11.1 Å². The van der Waals surface area contributed by atoms with E-state index in [4.69, 9.17) is 0 Å². The maximum absolute atomic E-state index is 13.1. The highest BCUT2D eigenvalue weighted by atomic mass is 32.1. The van der Waals surface area contributed by atoms with E-state index in [2.05, 4.69) is 48.1 Å². The average Bonchev–Trinajstić information content (AvgIpc) is 3.79. The quantitative estimate of drug-likeness (QED) is 0.222. The molecule has 226 valence electrons. The lowest BCUT2D eigenvalue weighted by atomic mass is 9.81. The summed E-state index contributed by atoms with van der Waals surface area (Å²) in [6.45, 7) is 4.48. The van der Waals surface area contributed by atoms with Crippen molar-refractivity contribution in [2.24, 2.45) is 33.7 Å². The van der Waals surface area contributed by atoms with Crippen molar-refractivity contribution in [3.05, 3.63) is 47.5 Å². The molecule has 0 aliphatic heterocycles. The normalized spacial score (nSPS) is 26.9. The molecule has 0 radical (unpaired) electrons. The maximum Gasteiger partial charge on any atom is 0.188 e. The van der Waals surface area contributed by atoms with E-state index in [1.165, 1.54) is 44.9 Å². The largest absolute Gasteiger partial charge is 0.292 e. The Morgan fingerprint density at radius 3 is 1.27 bits per heavy atom. The van der Waals surface area contributed by atoms with Gasteiger partial charge in [0.25, 0.3) is 0 Å². The summed E-state index contributed by atoms with van der Waals surface area (Å²) in [5.41, 5.74) is 4.89. The second kappa shape index (κ2) is 9.69. The fourth-order valence-corrected chi connectivity index (χ4v) is 10.7. The zero-order chi connectivity index (χ0) is 30.8. The third-order valence-electron chi connectivity index (χ3n) is 11.2. The topological polar surface area (TPSA) is 93.0 Å². The smallest absolute Gasteiger partial charge is 0.188 e. The van der Waals surface area contributed by atoms with Crippen molar-refractivity contribution in [3.63, 3.8) is 0 Å². The van der Waals surface area contributed by atoms with Gasteiger partial charge in [-0.25, -0.2) is 9.98 Å². The molecule has 0 amide bonds. The summed E-state index contributed by atoms with van der Waals surface area (Å²) in [4.78, 5) is 61.6. The van der Waals surface area contributed by atoms with Crippen molar-refractivity contribution in [2.45, 2.75) is 70.6 Å². The Morgan fingerprint density at radius 2 is 0.911 bits per heavy atom. The second-order valence-electron chi connectivity index (χ2n) is 14.0. The highest BCUT2D eigenvalue weighted by Crippen LogP contribution is 2.53. The first-order valence-corrected chi connectivity index (χ1v) is 17.8. The van der Waals surface area contributed by atoms with E-state index in [1.807, 2.05) is 12.1 Å². The van der Waals surface area contributed by atoms with Gasteiger partial charge in [-0.1, -0.05) is 39.5 Å². The van der Waals surface area contributed by atoms with Gasteiger partial charge in [0.05, 0.1) is 0 Å². The van der Waals surface area contributed by atoms with E-state index in [1.54, 1.807) is 0 Å². The minimum Gasteiger partial charge on any atom is -0.292 e. The van der Waals surface area contributed by atoms with E-state index in [-0.39, 0.29) is 63.6 Å². The molecule has 0 saturated heterocycles. The molecule has 6 nitrogen and oxygen atoms in total. The first-order valence-electron chi connectivity index (χ1n) is 16.2. The Morgan fingerprint density at radius 1 is 0.556 bits per heavy atom. The van der Waals surface area contributed by atoms with Crippen LogP contribution in [0, 0.1) is 23.7 Å². The average molecular weight is 633 g/mol. The molecule has 9 rings (SSSR count). The first-order chi connectivity index (χ1) is 21.7. The molecule has 45 heavy (non-hydrogen) atoms. The monoisotopic (exact) mass is 632 g/mol. The first kappa shape index (κ1) is 27.7. The lowest BCUT2D eigenvalue weighted by molar-refractivity contribution is -0.120. The molecule has 0 N–H and O–H groups in total. The lowest BCUT2D eigenvalue weighted by Gasteiger charge is -2.21. The third-order valence-corrected chi connectivity index (χ3v) is 13.2. The van der Waals surface area contributed by atoms with Crippen LogP contribution in [0.2, 0.25) is 0 Å². The van der Waals surface area contributed by atoms with Crippen LogP contribution in [0.5, 0.6) is 0 Å². The van der Waals surface area contributed by atoms with Crippen molar-refractivity contribution < 1.29 is 19.2 Å². The minimum atomic E-state index is -0.241. The van der Waals surface area contributed by atoms with Crippen LogP contribution in [-0.2, 0) is 24.6 Å². The number of ketones is 4. The van der Waals surface area contributed by atoms with Crippen LogP contribution in [0.25, 0.3) is 31.3 Å². The number of carbonyl (C=O) groups is 4. The van der Waals surface area contributed by atoms with Crippen LogP contribution in [0.15, 0.2) is 46.4 Å². The van der Waals surface area contributed by atoms with E-state index >= 15 is 0 Å². The summed E-state index contributed by atoms with van der Waals surface area (Å²) in [5.74, 6) is -0.967. The second-order valence-corrected chi connectivity index (χ2v) is 16.2. The number of Topliss-reactive ketones (excluding diaryl/α,β-unsaturated/α-hetero) is 4. The molecule has 8 heteroatoms. The van der Waals surface area contributed by atoms with Crippen LogP contribution in [-0.4, -0.2) is 34.6 Å². The summed E-state index contributed by atoms with van der Waals surface area (Å²) in [5, 5.41) is 3.55. The number of hydrogen-bond donors (Lipinski definition) is 0. The maximum atomic E-state index is 13.1. The van der Waals surface area contributed by atoms with Gasteiger partial charge in [0.1, 0.15) is 10.0 Å². The summed E-state index contributed by atoms with van der Waals surface area (Å²) < 4.78 is 2.15. The van der Waals surface area contributed by atoms with Gasteiger partial charge in [0, 0.05) is 38.5 Å². The Balaban J connectivity index is 1.09. The van der Waals surface area contributed by atoms with Crippen LogP contribution in [0.1, 0.15) is 76.3 Å². The lowest BCUT2D eigenvalue weighted by Crippen LogP contribution is -2.21. The summed E-state index contributed by atoms with van der Waals surface area (Å²) in [6, 6.07) is 13.0. The zero-order valence-corrected chi connectivity index (χ0v) is 26.9. The van der Waals surface area contributed by atoms with E-state index in [0.717, 1.165) is 71.5 Å². The molecular formula is C37H32N2O4S2. The summed E-state index contributed by atoms with van der Waals surface area (Å²) >= 11 is 3.05. The molecule has 4 fully saturated rings. The summed E-state index contributed by atoms with van der Waals surface area (Å²) in [7, 11) is 0. The molecule has 4 saturated carbocycles. The SMILES string of the molecule is CC1(C)c2cc3cc(N=C4C(=O)C5CCCCC5C4=O)sc3cc2-c2cc3sc(N=C4C(=O)C5CCCCC5C4=O)cc3cc21. The van der Waals surface area contributed by atoms with Gasteiger partial charge in [-0.15, -0.1) is 22.7 Å². The number of rotatable bonds is 2. The van der Waals surface area contributed by atoms with Gasteiger partial charge in [0.15, 0.2) is 34.6 Å². The third kappa shape index (κ3) is 3.97. The molecular weight excluding hydrogens is 601 g/mol. The van der Waals surface area contributed by atoms with Gasteiger partial charge >= 0.3 is 0 Å². The molecule has 5 aliphatic rings. The number of nitrogens with zero attached hydrogens (tertiary/aromatic N) is 2. The van der Waals surface area contributed by atoms with Gasteiger partial charge in [0.2, 0.25) is 0 Å². The molecule has 4 unspecified atom stereocenters. The predicted molar refractivity (Wildman–Crippen MR) is 180 cm³/mol. The standard InChI is InChI=1S/C37H32N2O4S2/c1-37(2)25-11-17-13-29(38-31-33(40)19-7-3-4-8-20(19)34(31)41)44-27(17)15-23(25)24-16-28-18(12-26(24)37)14-30(45-28)39-32-35(42)21-9-5-6-10-22(21)36(32)43/h11-16,19-22H,3-10H2,1-2H3. The van der Waals surface area contributed by atoms with Crippen molar-refractivity contribution in [1.29, 1.82) is 0 Å². The molecule has 5 aliphatic carbocycles. The van der Waals surface area contributed by atoms with Crippen LogP contribution < -0.4 is 0 Å². The molecule has 4 atom stereocenters. The molecule has 0 spiro atoms. The number of carbonyl (C=O) groups excluding carboxylic acids is 4. The molecule has 0 bridgehead atoms. The predicted octanol–water partition coefficient (Wildman–Crippen LogP) is 8.48. The van der Waals surface area contributed by atoms with Gasteiger partial charge < -0.3 is 0 Å². The zero-order valence-electron chi connectivity index (χ0n) is 25.3. The van der Waals surface area contributed by atoms with Crippen LogP contribution in [0.4, 0.5) is 10.0 Å². The molecule has 2 heterocycles. The highest BCUT2D eigenvalue weighted by molar-refractivity contribution is 7.23. The van der Waals surface area contributed by atoms with Crippen molar-refractivity contribution in [1.82, 2.24) is 0 Å². The van der Waals surface area contributed by atoms with Crippen molar-refractivity contribution in [2.75, 3.05) is 0 Å². The number of fused-ring (bicyclic) bond motifs is 7. The van der Waals surface area contributed by atoms with Crippen molar-refractivity contribution >= 4 is 87.4 Å². The van der Waals surface area contributed by atoms with Gasteiger partial charge in [-0.3, -0.25) is 19.2 Å². The number of hydrogen-bond acceptors (Lipinski definition) is 8. The number of aliphatic imine (C=N–C) groups is 2. The number of thiophene rings is 2. The number of benzene rings is 2. The molecule has 4 aromatic rings.